The fourth-order valence-electron chi connectivity index (χ4n) is 1.94. The molecule has 0 radical (unpaired) electrons. The van der Waals surface area contributed by atoms with Crippen molar-refractivity contribution < 1.29 is 22.7 Å². The number of thiophene rings is 1. The molecule has 0 saturated heterocycles. The Balaban J connectivity index is 2.37. The highest BCUT2D eigenvalue weighted by Crippen LogP contribution is 2.28. The molecule has 0 aliphatic rings. The molecule has 0 bridgehead atoms. The van der Waals surface area contributed by atoms with E-state index in [-0.39, 0.29) is 20.4 Å². The summed E-state index contributed by atoms with van der Waals surface area (Å²) in [5.74, 6) is -1.99. The molecule has 1 aromatic carbocycles. The van der Waals surface area contributed by atoms with Crippen molar-refractivity contribution in [1.29, 1.82) is 0 Å². The maximum absolute atomic E-state index is 13.8. The van der Waals surface area contributed by atoms with Gasteiger partial charge in [-0.3, -0.25) is 0 Å². The van der Waals surface area contributed by atoms with Gasteiger partial charge in [-0.1, -0.05) is 17.7 Å². The van der Waals surface area contributed by atoms with E-state index in [0.29, 0.717) is 0 Å². The molecule has 2 aromatic rings. The summed E-state index contributed by atoms with van der Waals surface area (Å²) in [7, 11) is -4.12. The molecular formula is C13H11ClFNO4S2. The fourth-order valence-corrected chi connectivity index (χ4v) is 4.74. The van der Waals surface area contributed by atoms with Crippen LogP contribution in [-0.4, -0.2) is 19.5 Å². The minimum absolute atomic E-state index is 0.000142. The predicted molar refractivity (Wildman–Crippen MR) is 81.4 cm³/mol. The number of sulfonamides is 1. The molecule has 5 nitrogen and oxygen atoms in total. The fraction of sp³-hybridized carbons (Fsp3) is 0.154. The van der Waals surface area contributed by atoms with Gasteiger partial charge in [0.1, 0.15) is 15.6 Å². The molecule has 0 aliphatic carbocycles. The molecule has 9 heteroatoms. The zero-order valence-corrected chi connectivity index (χ0v) is 13.6. The second-order valence-electron chi connectivity index (χ2n) is 4.40. The van der Waals surface area contributed by atoms with E-state index in [2.05, 4.69) is 4.72 Å². The third kappa shape index (κ3) is 3.30. The van der Waals surface area contributed by atoms with Crippen molar-refractivity contribution in [3.63, 3.8) is 0 Å². The van der Waals surface area contributed by atoms with Crippen molar-refractivity contribution in [2.24, 2.45) is 0 Å². The number of nitrogens with one attached hydrogen (secondary N) is 1. The number of carboxylic acids is 1. The summed E-state index contributed by atoms with van der Waals surface area (Å²) in [5.41, 5.74) is -0.000142. The Morgan fingerprint density at radius 3 is 2.68 bits per heavy atom. The third-order valence-corrected chi connectivity index (χ3v) is 5.82. The first-order chi connectivity index (χ1) is 10.2. The number of benzene rings is 1. The molecule has 0 aliphatic heterocycles. The minimum atomic E-state index is -4.12. The van der Waals surface area contributed by atoms with Crippen LogP contribution in [0.25, 0.3) is 0 Å². The summed E-state index contributed by atoms with van der Waals surface area (Å²) in [4.78, 5) is 10.4. The van der Waals surface area contributed by atoms with Gasteiger partial charge in [-0.2, -0.15) is 0 Å². The van der Waals surface area contributed by atoms with E-state index in [4.69, 9.17) is 16.7 Å². The van der Waals surface area contributed by atoms with Gasteiger partial charge in [-0.15, -0.1) is 11.3 Å². The maximum Gasteiger partial charge on any atom is 0.347 e. The summed E-state index contributed by atoms with van der Waals surface area (Å²) < 4.78 is 40.6. The van der Waals surface area contributed by atoms with Crippen LogP contribution in [0.5, 0.6) is 0 Å². The Morgan fingerprint density at radius 1 is 1.41 bits per heavy atom. The monoisotopic (exact) mass is 363 g/mol. The van der Waals surface area contributed by atoms with Crippen molar-refractivity contribution >= 4 is 38.9 Å². The van der Waals surface area contributed by atoms with Crippen LogP contribution < -0.4 is 4.72 Å². The summed E-state index contributed by atoms with van der Waals surface area (Å²) in [6.07, 6.45) is 0. The van der Waals surface area contributed by atoms with Gasteiger partial charge < -0.3 is 5.11 Å². The van der Waals surface area contributed by atoms with Gasteiger partial charge >= 0.3 is 5.97 Å². The van der Waals surface area contributed by atoms with Gasteiger partial charge in [-0.05, 0) is 30.5 Å². The molecule has 0 saturated carbocycles. The molecule has 118 valence electrons. The van der Waals surface area contributed by atoms with Crippen molar-refractivity contribution in [1.82, 2.24) is 4.72 Å². The molecule has 0 spiro atoms. The van der Waals surface area contributed by atoms with Gasteiger partial charge in [0.2, 0.25) is 10.0 Å². The SMILES string of the molecule is CC(NS(=O)(=O)c1ccsc1C(=O)O)c1c(F)cccc1Cl. The van der Waals surface area contributed by atoms with Crippen LogP contribution in [0.1, 0.15) is 28.2 Å². The Hall–Kier alpha value is -1.48. The largest absolute Gasteiger partial charge is 0.477 e. The number of halogens is 2. The second-order valence-corrected chi connectivity index (χ2v) is 7.40. The van der Waals surface area contributed by atoms with Crippen molar-refractivity contribution in [2.45, 2.75) is 17.9 Å². The van der Waals surface area contributed by atoms with Crippen LogP contribution in [0.2, 0.25) is 5.02 Å². The minimum Gasteiger partial charge on any atom is -0.477 e. The van der Waals surface area contributed by atoms with Gasteiger partial charge in [0.25, 0.3) is 0 Å². The Labute approximate surface area is 135 Å². The van der Waals surface area contributed by atoms with Crippen LogP contribution >= 0.6 is 22.9 Å². The zero-order valence-electron chi connectivity index (χ0n) is 11.2. The molecule has 2 N–H and O–H groups in total. The van der Waals surface area contributed by atoms with E-state index in [1.165, 1.54) is 36.6 Å². The lowest BCUT2D eigenvalue weighted by Gasteiger charge is -2.16. The van der Waals surface area contributed by atoms with Crippen molar-refractivity contribution in [2.75, 3.05) is 0 Å². The highest BCUT2D eigenvalue weighted by molar-refractivity contribution is 7.89. The van der Waals surface area contributed by atoms with Gasteiger partial charge in [0, 0.05) is 16.6 Å². The summed E-state index contributed by atoms with van der Waals surface area (Å²) in [6, 6.07) is 4.24. The van der Waals surface area contributed by atoms with Gasteiger partial charge in [0.05, 0.1) is 0 Å². The number of carbonyl (C=O) groups is 1. The Morgan fingerprint density at radius 2 is 2.09 bits per heavy atom. The molecule has 0 fully saturated rings. The van der Waals surface area contributed by atoms with Crippen LogP contribution in [-0.2, 0) is 10.0 Å². The molecule has 1 unspecified atom stereocenters. The first kappa shape index (κ1) is 16.9. The lowest BCUT2D eigenvalue weighted by Crippen LogP contribution is -2.28. The molecule has 22 heavy (non-hydrogen) atoms. The molecule has 1 atom stereocenters. The second kappa shape index (κ2) is 6.33. The van der Waals surface area contributed by atoms with E-state index in [0.717, 1.165) is 11.3 Å². The van der Waals surface area contributed by atoms with Crippen LogP contribution in [0.3, 0.4) is 0 Å². The average Bonchev–Trinajstić information content (AvgIpc) is 2.87. The van der Waals surface area contributed by atoms with E-state index >= 15 is 0 Å². The maximum atomic E-state index is 13.8. The Kier molecular flexibility index (Phi) is 4.86. The summed E-state index contributed by atoms with van der Waals surface area (Å²) >= 11 is 6.69. The van der Waals surface area contributed by atoms with E-state index in [1.54, 1.807) is 0 Å². The van der Waals surface area contributed by atoms with E-state index in [1.807, 2.05) is 0 Å². The average molecular weight is 364 g/mol. The van der Waals surface area contributed by atoms with Gasteiger partial charge in [-0.25, -0.2) is 22.3 Å². The molecular weight excluding hydrogens is 353 g/mol. The highest BCUT2D eigenvalue weighted by Gasteiger charge is 2.27. The molecule has 0 amide bonds. The number of rotatable bonds is 5. The normalized spacial score (nSPS) is 13.0. The first-order valence-corrected chi connectivity index (χ1v) is 8.75. The molecule has 1 heterocycles. The Bertz CT molecular complexity index is 799. The number of carboxylic acid groups (broad SMARTS) is 1. The first-order valence-electron chi connectivity index (χ1n) is 6.01. The van der Waals surface area contributed by atoms with Crippen LogP contribution in [0, 0.1) is 5.82 Å². The molecule has 1 aromatic heterocycles. The quantitative estimate of drug-likeness (QED) is 0.853. The standard InChI is InChI=1S/C13H11ClFNO4S2/c1-7(11-8(14)3-2-4-9(11)15)16-22(19,20)10-5-6-21-12(10)13(17)18/h2-7,16H,1H3,(H,17,18). The lowest BCUT2D eigenvalue weighted by atomic mass is 10.1. The lowest BCUT2D eigenvalue weighted by molar-refractivity contribution is 0.0698. The van der Waals surface area contributed by atoms with Crippen molar-refractivity contribution in [3.05, 3.63) is 50.9 Å². The smallest absolute Gasteiger partial charge is 0.347 e. The number of hydrogen-bond donors (Lipinski definition) is 2. The van der Waals surface area contributed by atoms with Crippen LogP contribution in [0.15, 0.2) is 34.5 Å². The number of hydrogen-bond acceptors (Lipinski definition) is 4. The summed E-state index contributed by atoms with van der Waals surface area (Å²) in [6.45, 7) is 1.43. The van der Waals surface area contributed by atoms with Crippen LogP contribution in [0.4, 0.5) is 4.39 Å². The topological polar surface area (TPSA) is 83.5 Å². The number of aromatic carboxylic acids is 1. The highest BCUT2D eigenvalue weighted by atomic mass is 35.5. The molecule has 2 rings (SSSR count). The van der Waals surface area contributed by atoms with E-state index < -0.39 is 27.9 Å². The van der Waals surface area contributed by atoms with E-state index in [9.17, 15) is 17.6 Å². The predicted octanol–water partition coefficient (Wildman–Crippen LogP) is 3.28. The summed E-state index contributed by atoms with van der Waals surface area (Å²) in [5, 5.41) is 10.4. The third-order valence-electron chi connectivity index (χ3n) is 2.88. The van der Waals surface area contributed by atoms with Crippen molar-refractivity contribution in [3.8, 4) is 0 Å². The zero-order chi connectivity index (χ0) is 16.5. The van der Waals surface area contributed by atoms with Gasteiger partial charge in [0.15, 0.2) is 0 Å².